The van der Waals surface area contributed by atoms with E-state index in [0.29, 0.717) is 20.1 Å². The Morgan fingerprint density at radius 3 is 2.21 bits per heavy atom. The Bertz CT molecular complexity index is 1430. The number of halogens is 2. The Hall–Kier alpha value is -3.21. The average molecular weight is 603 g/mol. The number of aromatic nitrogens is 1. The highest BCUT2D eigenvalue weighted by Crippen LogP contribution is 2.36. The molecule has 0 saturated heterocycles. The fourth-order valence-corrected chi connectivity index (χ4v) is 5.67. The Morgan fingerprint density at radius 2 is 1.53 bits per heavy atom. The molecule has 7 nitrogen and oxygen atoms in total. The van der Waals surface area contributed by atoms with Gasteiger partial charge in [-0.3, -0.25) is 4.79 Å². The van der Waals surface area contributed by atoms with Gasteiger partial charge in [-0.25, -0.2) is 5.43 Å². The number of hydrogen-bond donors (Lipinski definition) is 1. The van der Waals surface area contributed by atoms with Crippen LogP contribution in [0.1, 0.15) is 15.9 Å². The van der Waals surface area contributed by atoms with Crippen molar-refractivity contribution >= 4 is 54.1 Å². The first-order valence-corrected chi connectivity index (χ1v) is 12.9. The molecule has 0 bridgehead atoms. The van der Waals surface area contributed by atoms with Gasteiger partial charge in [-0.05, 0) is 86.0 Å². The highest BCUT2D eigenvalue weighted by molar-refractivity contribution is 9.11. The summed E-state index contributed by atoms with van der Waals surface area (Å²) in [5, 5.41) is 4.04. The molecule has 1 aromatic heterocycles. The molecule has 0 aliphatic rings. The summed E-state index contributed by atoms with van der Waals surface area (Å²) in [5.74, 6) is -0.265. The fourth-order valence-electron chi connectivity index (χ4n) is 3.09. The van der Waals surface area contributed by atoms with Crippen LogP contribution in [0, 0.1) is 0 Å². The summed E-state index contributed by atoms with van der Waals surface area (Å²) in [7, 11) is -4.01. The summed E-state index contributed by atoms with van der Waals surface area (Å²) < 4.78 is 33.0. The standard InChI is InChI=1S/C24H17Br2N3O4S/c25-20-14-17(15-21(26)23(20)33-34(31,32)18-8-2-1-3-9-18)16-27-28-24(30)19-10-4-5-11-22(19)29-12-6-7-13-29/h1-16H,(H,28,30)/b27-16-. The maximum absolute atomic E-state index is 12.7. The summed E-state index contributed by atoms with van der Waals surface area (Å²) in [4.78, 5) is 12.7. The molecule has 0 spiro atoms. The number of hydrogen-bond acceptors (Lipinski definition) is 5. The largest absolute Gasteiger partial charge is 0.377 e. The van der Waals surface area contributed by atoms with E-state index in [1.807, 2.05) is 41.2 Å². The Balaban J connectivity index is 1.49. The number of para-hydroxylation sites is 1. The molecule has 0 aliphatic heterocycles. The minimum atomic E-state index is -4.01. The first-order chi connectivity index (χ1) is 16.3. The Labute approximate surface area is 213 Å². The summed E-state index contributed by atoms with van der Waals surface area (Å²) in [6.45, 7) is 0. The molecule has 1 N–H and O–H groups in total. The van der Waals surface area contributed by atoms with E-state index in [2.05, 4.69) is 42.4 Å². The quantitative estimate of drug-likeness (QED) is 0.171. The van der Waals surface area contributed by atoms with Gasteiger partial charge in [-0.1, -0.05) is 30.3 Å². The highest BCUT2D eigenvalue weighted by atomic mass is 79.9. The first-order valence-electron chi connectivity index (χ1n) is 9.89. The van der Waals surface area contributed by atoms with Crippen LogP contribution < -0.4 is 9.61 Å². The van der Waals surface area contributed by atoms with Gasteiger partial charge >= 0.3 is 10.1 Å². The normalized spacial score (nSPS) is 11.5. The van der Waals surface area contributed by atoms with Gasteiger partial charge in [0.15, 0.2) is 5.75 Å². The van der Waals surface area contributed by atoms with Crippen LogP contribution in [-0.2, 0) is 10.1 Å². The van der Waals surface area contributed by atoms with E-state index in [4.69, 9.17) is 4.18 Å². The summed E-state index contributed by atoms with van der Waals surface area (Å²) >= 11 is 6.68. The lowest BCUT2D eigenvalue weighted by Crippen LogP contribution is -2.19. The van der Waals surface area contributed by atoms with E-state index < -0.39 is 10.1 Å². The maximum atomic E-state index is 12.7. The molecule has 0 aliphatic carbocycles. The monoisotopic (exact) mass is 601 g/mol. The molecule has 4 rings (SSSR count). The lowest BCUT2D eigenvalue weighted by molar-refractivity contribution is 0.0955. The minimum Gasteiger partial charge on any atom is -0.377 e. The van der Waals surface area contributed by atoms with Crippen molar-refractivity contribution in [2.75, 3.05) is 0 Å². The molecule has 1 heterocycles. The van der Waals surface area contributed by atoms with Gasteiger partial charge in [0.2, 0.25) is 0 Å². The summed E-state index contributed by atoms with van der Waals surface area (Å²) in [6, 6.07) is 22.1. The molecule has 0 fully saturated rings. The number of nitrogens with zero attached hydrogens (tertiary/aromatic N) is 2. The Kier molecular flexibility index (Phi) is 7.30. The molecule has 0 unspecified atom stereocenters. The zero-order valence-corrected chi connectivity index (χ0v) is 21.4. The van der Waals surface area contributed by atoms with E-state index in [-0.39, 0.29) is 16.6 Å². The smallest absolute Gasteiger partial charge is 0.339 e. The molecule has 34 heavy (non-hydrogen) atoms. The zero-order chi connectivity index (χ0) is 24.1. The van der Waals surface area contributed by atoms with Crippen LogP contribution in [0.2, 0.25) is 0 Å². The second-order valence-corrected chi connectivity index (χ2v) is 10.2. The second kappa shape index (κ2) is 10.4. The third kappa shape index (κ3) is 5.46. The number of carbonyl (C=O) groups excluding carboxylic acids is 1. The molecule has 172 valence electrons. The SMILES string of the molecule is O=C(N/N=C\c1cc(Br)c(OS(=O)(=O)c2ccccc2)c(Br)c1)c1ccccc1-n1cccc1. The lowest BCUT2D eigenvalue weighted by atomic mass is 10.1. The van der Waals surface area contributed by atoms with Crippen molar-refractivity contribution < 1.29 is 17.4 Å². The van der Waals surface area contributed by atoms with Crippen LogP contribution in [0.3, 0.4) is 0 Å². The predicted molar refractivity (Wildman–Crippen MR) is 137 cm³/mol. The fraction of sp³-hybridized carbons (Fsp3) is 0. The van der Waals surface area contributed by atoms with Crippen molar-refractivity contribution in [2.45, 2.75) is 4.90 Å². The second-order valence-electron chi connectivity index (χ2n) is 6.97. The number of carbonyl (C=O) groups is 1. The molecule has 0 atom stereocenters. The number of amides is 1. The molecular weight excluding hydrogens is 586 g/mol. The first kappa shape index (κ1) is 23.9. The van der Waals surface area contributed by atoms with Gasteiger partial charge in [-0.2, -0.15) is 13.5 Å². The average Bonchev–Trinajstić information content (AvgIpc) is 3.37. The number of benzene rings is 3. The van der Waals surface area contributed by atoms with Crippen molar-refractivity contribution in [3.05, 3.63) is 111 Å². The summed E-state index contributed by atoms with van der Waals surface area (Å²) in [6.07, 6.45) is 5.15. The number of hydrazone groups is 1. The van der Waals surface area contributed by atoms with Crippen molar-refractivity contribution in [1.29, 1.82) is 0 Å². The van der Waals surface area contributed by atoms with Gasteiger partial charge in [0.1, 0.15) is 4.90 Å². The summed E-state index contributed by atoms with van der Waals surface area (Å²) in [5.41, 5.74) is 4.32. The lowest BCUT2D eigenvalue weighted by Gasteiger charge is -2.11. The van der Waals surface area contributed by atoms with Crippen LogP contribution in [0.25, 0.3) is 5.69 Å². The van der Waals surface area contributed by atoms with Gasteiger partial charge in [-0.15, -0.1) is 0 Å². The van der Waals surface area contributed by atoms with E-state index in [1.165, 1.54) is 18.3 Å². The van der Waals surface area contributed by atoms with Crippen molar-refractivity contribution in [2.24, 2.45) is 5.10 Å². The van der Waals surface area contributed by atoms with E-state index in [9.17, 15) is 13.2 Å². The van der Waals surface area contributed by atoms with E-state index in [1.54, 1.807) is 42.5 Å². The van der Waals surface area contributed by atoms with Crippen LogP contribution in [-0.4, -0.2) is 25.1 Å². The van der Waals surface area contributed by atoms with Crippen LogP contribution in [0.4, 0.5) is 0 Å². The van der Waals surface area contributed by atoms with E-state index in [0.717, 1.165) is 5.69 Å². The molecule has 10 heteroatoms. The molecule has 1 amide bonds. The Morgan fingerprint density at radius 1 is 0.912 bits per heavy atom. The zero-order valence-electron chi connectivity index (χ0n) is 17.4. The third-order valence-electron chi connectivity index (χ3n) is 4.66. The van der Waals surface area contributed by atoms with Crippen LogP contribution in [0.15, 0.2) is 110 Å². The third-order valence-corrected chi connectivity index (χ3v) is 7.07. The van der Waals surface area contributed by atoms with Crippen molar-refractivity contribution in [3.8, 4) is 11.4 Å². The highest BCUT2D eigenvalue weighted by Gasteiger charge is 2.20. The number of nitrogens with one attached hydrogen (secondary N) is 1. The van der Waals surface area contributed by atoms with E-state index >= 15 is 0 Å². The molecular formula is C24H17Br2N3O4S. The molecule has 3 aromatic carbocycles. The van der Waals surface area contributed by atoms with Crippen LogP contribution >= 0.6 is 31.9 Å². The molecule has 0 saturated carbocycles. The van der Waals surface area contributed by atoms with Gasteiger partial charge in [0, 0.05) is 12.4 Å². The molecule has 4 aromatic rings. The maximum Gasteiger partial charge on any atom is 0.339 e. The molecule has 0 radical (unpaired) electrons. The van der Waals surface area contributed by atoms with Gasteiger partial charge in [0.05, 0.1) is 26.4 Å². The van der Waals surface area contributed by atoms with Gasteiger partial charge in [0.25, 0.3) is 5.91 Å². The predicted octanol–water partition coefficient (Wildman–Crippen LogP) is 5.53. The number of rotatable bonds is 7. The van der Waals surface area contributed by atoms with Gasteiger partial charge < -0.3 is 8.75 Å². The van der Waals surface area contributed by atoms with Crippen molar-refractivity contribution in [1.82, 2.24) is 9.99 Å². The van der Waals surface area contributed by atoms with Crippen LogP contribution in [0.5, 0.6) is 5.75 Å². The van der Waals surface area contributed by atoms with Crippen molar-refractivity contribution in [3.63, 3.8) is 0 Å². The minimum absolute atomic E-state index is 0.0438. The topological polar surface area (TPSA) is 89.8 Å².